The lowest BCUT2D eigenvalue weighted by atomic mass is 9.98. The molecular weight excluding hydrogens is 268 g/mol. The summed E-state index contributed by atoms with van der Waals surface area (Å²) in [6, 6.07) is 23.1. The van der Waals surface area contributed by atoms with Crippen molar-refractivity contribution >= 4 is 11.6 Å². The number of rotatable bonds is 2. The van der Waals surface area contributed by atoms with Gasteiger partial charge in [0, 0.05) is 11.1 Å². The van der Waals surface area contributed by atoms with Gasteiger partial charge in [0.05, 0.1) is 5.02 Å². The highest BCUT2D eigenvalue weighted by Gasteiger charge is 2.14. The van der Waals surface area contributed by atoms with Crippen LogP contribution in [-0.4, -0.2) is 5.11 Å². The molecule has 0 aliphatic heterocycles. The van der Waals surface area contributed by atoms with Gasteiger partial charge in [0.25, 0.3) is 0 Å². The largest absolute Gasteiger partial charge is 0.507 e. The predicted molar refractivity (Wildman–Crippen MR) is 84.0 cm³/mol. The van der Waals surface area contributed by atoms with Gasteiger partial charge in [0.1, 0.15) is 5.75 Å². The van der Waals surface area contributed by atoms with Crippen LogP contribution in [0.15, 0.2) is 72.8 Å². The molecule has 0 unspecified atom stereocenters. The van der Waals surface area contributed by atoms with E-state index in [0.29, 0.717) is 10.6 Å². The van der Waals surface area contributed by atoms with Crippen molar-refractivity contribution in [3.63, 3.8) is 0 Å². The highest BCUT2D eigenvalue weighted by molar-refractivity contribution is 6.36. The van der Waals surface area contributed by atoms with Gasteiger partial charge < -0.3 is 5.11 Å². The Morgan fingerprint density at radius 1 is 0.650 bits per heavy atom. The van der Waals surface area contributed by atoms with E-state index in [4.69, 9.17) is 11.6 Å². The molecule has 0 fully saturated rings. The molecule has 1 nitrogen and oxygen atoms in total. The van der Waals surface area contributed by atoms with Crippen LogP contribution in [0.1, 0.15) is 0 Å². The summed E-state index contributed by atoms with van der Waals surface area (Å²) in [7, 11) is 0. The molecule has 20 heavy (non-hydrogen) atoms. The van der Waals surface area contributed by atoms with Crippen molar-refractivity contribution in [2.24, 2.45) is 0 Å². The molecule has 3 aromatic carbocycles. The normalized spacial score (nSPS) is 10.4. The third-order valence-corrected chi connectivity index (χ3v) is 3.66. The van der Waals surface area contributed by atoms with Crippen molar-refractivity contribution < 1.29 is 5.11 Å². The molecule has 0 saturated heterocycles. The minimum atomic E-state index is 0.195. The fourth-order valence-corrected chi connectivity index (χ4v) is 2.66. The van der Waals surface area contributed by atoms with E-state index < -0.39 is 0 Å². The van der Waals surface area contributed by atoms with Crippen molar-refractivity contribution in [3.05, 3.63) is 77.8 Å². The second-order valence-corrected chi connectivity index (χ2v) is 4.93. The molecule has 0 aliphatic rings. The zero-order valence-electron chi connectivity index (χ0n) is 10.8. The van der Waals surface area contributed by atoms with E-state index in [0.717, 1.165) is 16.7 Å². The Labute approximate surface area is 123 Å². The van der Waals surface area contributed by atoms with Crippen LogP contribution < -0.4 is 0 Å². The molecule has 0 bridgehead atoms. The van der Waals surface area contributed by atoms with E-state index in [1.165, 1.54) is 0 Å². The van der Waals surface area contributed by atoms with Crippen molar-refractivity contribution in [2.45, 2.75) is 0 Å². The molecule has 3 aromatic rings. The van der Waals surface area contributed by atoms with Crippen LogP contribution in [0.25, 0.3) is 22.3 Å². The minimum Gasteiger partial charge on any atom is -0.507 e. The maximum Gasteiger partial charge on any atom is 0.124 e. The Kier molecular flexibility index (Phi) is 3.44. The highest BCUT2D eigenvalue weighted by Crippen LogP contribution is 2.41. The van der Waals surface area contributed by atoms with Crippen LogP contribution >= 0.6 is 11.6 Å². The summed E-state index contributed by atoms with van der Waals surface area (Å²) in [4.78, 5) is 0. The second kappa shape index (κ2) is 5.40. The molecule has 2 heteroatoms. The van der Waals surface area contributed by atoms with Crippen LogP contribution in [0.4, 0.5) is 0 Å². The number of phenols is 1. The van der Waals surface area contributed by atoms with E-state index >= 15 is 0 Å². The number of halogens is 1. The first-order chi connectivity index (χ1) is 9.77. The summed E-state index contributed by atoms with van der Waals surface area (Å²) in [5.74, 6) is 0.195. The molecule has 0 aromatic heterocycles. The first-order valence-corrected chi connectivity index (χ1v) is 6.77. The lowest BCUT2D eigenvalue weighted by molar-refractivity contribution is 0.477. The summed E-state index contributed by atoms with van der Waals surface area (Å²) in [5.41, 5.74) is 3.54. The maximum atomic E-state index is 10.1. The van der Waals surface area contributed by atoms with Gasteiger partial charge in [-0.3, -0.25) is 0 Å². The van der Waals surface area contributed by atoms with Crippen LogP contribution in [0.2, 0.25) is 5.02 Å². The molecule has 0 atom stereocenters. The van der Waals surface area contributed by atoms with Crippen molar-refractivity contribution in [1.82, 2.24) is 0 Å². The number of hydrogen-bond donors (Lipinski definition) is 1. The van der Waals surface area contributed by atoms with Crippen LogP contribution in [0, 0.1) is 0 Å². The fraction of sp³-hybridized carbons (Fsp3) is 0. The smallest absolute Gasteiger partial charge is 0.124 e. The van der Waals surface area contributed by atoms with Gasteiger partial charge in [-0.2, -0.15) is 0 Å². The second-order valence-electron chi connectivity index (χ2n) is 4.55. The van der Waals surface area contributed by atoms with Gasteiger partial charge in [-0.15, -0.1) is 0 Å². The lowest BCUT2D eigenvalue weighted by Crippen LogP contribution is -1.86. The average molecular weight is 281 g/mol. The average Bonchev–Trinajstić information content (AvgIpc) is 2.49. The zero-order valence-corrected chi connectivity index (χ0v) is 11.5. The van der Waals surface area contributed by atoms with Gasteiger partial charge in [0.15, 0.2) is 0 Å². The molecule has 3 rings (SSSR count). The molecule has 0 spiro atoms. The van der Waals surface area contributed by atoms with E-state index in [1.54, 1.807) is 6.07 Å². The Morgan fingerprint density at radius 2 is 1.20 bits per heavy atom. The Morgan fingerprint density at radius 3 is 1.80 bits per heavy atom. The number of phenolic OH excluding ortho intramolecular Hbond substituents is 1. The van der Waals surface area contributed by atoms with Crippen molar-refractivity contribution in [3.8, 4) is 28.0 Å². The lowest BCUT2D eigenvalue weighted by Gasteiger charge is -2.12. The third kappa shape index (κ3) is 2.28. The molecule has 98 valence electrons. The van der Waals surface area contributed by atoms with E-state index in [2.05, 4.69) is 0 Å². The predicted octanol–water partition coefficient (Wildman–Crippen LogP) is 5.38. The highest BCUT2D eigenvalue weighted by atomic mass is 35.5. The Bertz CT molecular complexity index is 721. The first-order valence-electron chi connectivity index (χ1n) is 6.39. The molecule has 0 radical (unpaired) electrons. The first kappa shape index (κ1) is 12.8. The summed E-state index contributed by atoms with van der Waals surface area (Å²) < 4.78 is 0. The summed E-state index contributed by atoms with van der Waals surface area (Å²) in [6.45, 7) is 0. The maximum absolute atomic E-state index is 10.1. The van der Waals surface area contributed by atoms with Crippen LogP contribution in [0.5, 0.6) is 5.75 Å². The van der Waals surface area contributed by atoms with Gasteiger partial charge in [-0.1, -0.05) is 72.3 Å². The summed E-state index contributed by atoms with van der Waals surface area (Å²) >= 11 is 6.52. The number of benzene rings is 3. The third-order valence-electron chi connectivity index (χ3n) is 3.27. The monoisotopic (exact) mass is 280 g/mol. The van der Waals surface area contributed by atoms with Crippen molar-refractivity contribution in [2.75, 3.05) is 0 Å². The van der Waals surface area contributed by atoms with E-state index in [1.807, 2.05) is 66.7 Å². The van der Waals surface area contributed by atoms with Gasteiger partial charge in [-0.05, 0) is 23.3 Å². The van der Waals surface area contributed by atoms with Gasteiger partial charge in [-0.25, -0.2) is 0 Å². The number of aromatic hydroxyl groups is 1. The Hall–Kier alpha value is -2.25. The standard InChI is InChI=1S/C18H13ClO/c19-18-15(13-7-3-1-4-8-13)11-12-16(20)17(18)14-9-5-2-6-10-14/h1-12,20H. The van der Waals surface area contributed by atoms with Crippen molar-refractivity contribution in [1.29, 1.82) is 0 Å². The SMILES string of the molecule is Oc1ccc(-c2ccccc2)c(Cl)c1-c1ccccc1. The van der Waals surface area contributed by atoms with E-state index in [9.17, 15) is 5.11 Å². The van der Waals surface area contributed by atoms with Gasteiger partial charge >= 0.3 is 0 Å². The topological polar surface area (TPSA) is 20.2 Å². The molecular formula is C18H13ClO. The minimum absolute atomic E-state index is 0.195. The fourth-order valence-electron chi connectivity index (χ4n) is 2.29. The molecule has 0 saturated carbocycles. The zero-order chi connectivity index (χ0) is 13.9. The summed E-state index contributed by atoms with van der Waals surface area (Å²) in [6.07, 6.45) is 0. The van der Waals surface area contributed by atoms with E-state index in [-0.39, 0.29) is 5.75 Å². The summed E-state index contributed by atoms with van der Waals surface area (Å²) in [5, 5.41) is 10.7. The quantitative estimate of drug-likeness (QED) is 0.668. The number of hydrogen-bond acceptors (Lipinski definition) is 1. The molecule has 1 N–H and O–H groups in total. The molecule has 0 amide bonds. The molecule has 0 aliphatic carbocycles. The van der Waals surface area contributed by atoms with Crippen LogP contribution in [-0.2, 0) is 0 Å². The van der Waals surface area contributed by atoms with Crippen LogP contribution in [0.3, 0.4) is 0 Å². The Balaban J connectivity index is 2.22. The van der Waals surface area contributed by atoms with Gasteiger partial charge in [0.2, 0.25) is 0 Å². The molecule has 0 heterocycles.